The van der Waals surface area contributed by atoms with Crippen LogP contribution in [-0.4, -0.2) is 27.3 Å². The summed E-state index contributed by atoms with van der Waals surface area (Å²) >= 11 is 0. The van der Waals surface area contributed by atoms with Gasteiger partial charge in [0, 0.05) is 12.0 Å². The van der Waals surface area contributed by atoms with Crippen LogP contribution in [0.15, 0.2) is 18.2 Å². The number of benzene rings is 1. The molecule has 4 nitrogen and oxygen atoms in total. The zero-order valence-corrected chi connectivity index (χ0v) is 13.5. The Balaban J connectivity index is 0.00000220. The zero-order chi connectivity index (χ0) is 14.4. The van der Waals surface area contributed by atoms with Crippen LogP contribution in [0.3, 0.4) is 0 Å². The van der Waals surface area contributed by atoms with Crippen LogP contribution in [0, 0.1) is 11.3 Å². The first-order chi connectivity index (χ1) is 9.75. The Labute approximate surface area is 132 Å². The lowest BCUT2D eigenvalue weighted by molar-refractivity contribution is 0.351. The number of hydrogen-bond donors (Lipinski definition) is 1. The summed E-state index contributed by atoms with van der Waals surface area (Å²) in [6.45, 7) is 1.24. The molecule has 1 aliphatic carbocycles. The van der Waals surface area contributed by atoms with E-state index in [0.29, 0.717) is 6.54 Å². The highest BCUT2D eigenvalue weighted by atomic mass is 35.5. The van der Waals surface area contributed by atoms with Gasteiger partial charge in [-0.2, -0.15) is 5.26 Å². The van der Waals surface area contributed by atoms with Gasteiger partial charge in [0.2, 0.25) is 0 Å². The third-order valence-electron chi connectivity index (χ3n) is 4.22. The monoisotopic (exact) mass is 310 g/mol. The van der Waals surface area contributed by atoms with Crippen molar-refractivity contribution in [1.29, 1.82) is 5.26 Å². The van der Waals surface area contributed by atoms with E-state index < -0.39 is 0 Å². The van der Waals surface area contributed by atoms with Crippen LogP contribution in [0.2, 0.25) is 0 Å². The summed E-state index contributed by atoms with van der Waals surface area (Å²) in [4.78, 5) is 0. The third-order valence-corrected chi connectivity index (χ3v) is 4.22. The highest BCUT2D eigenvalue weighted by Crippen LogP contribution is 2.43. The molecule has 0 amide bonds. The average Bonchev–Trinajstić information content (AvgIpc) is 2.97. The quantitative estimate of drug-likeness (QED) is 0.648. The van der Waals surface area contributed by atoms with E-state index in [1.165, 1.54) is 18.4 Å². The van der Waals surface area contributed by atoms with Crippen molar-refractivity contribution < 1.29 is 9.47 Å². The zero-order valence-electron chi connectivity index (χ0n) is 12.6. The topological polar surface area (TPSA) is 54.3 Å². The molecule has 0 spiro atoms. The number of nitrogens with one attached hydrogen (secondary N) is 1. The molecule has 0 unspecified atom stereocenters. The summed E-state index contributed by atoms with van der Waals surface area (Å²) < 4.78 is 10.7. The standard InChI is InChI=1S/C16H22N2O2.ClH/c1-19-14-6-5-13(11-15(14)20-2)16(7-3-4-8-16)12-18-10-9-17;/h5-6,11,18H,3-4,7-8,10,12H2,1-2H3;1H. The fourth-order valence-corrected chi connectivity index (χ4v) is 3.14. The summed E-state index contributed by atoms with van der Waals surface area (Å²) in [6.07, 6.45) is 4.78. The van der Waals surface area contributed by atoms with Crippen molar-refractivity contribution in [3.05, 3.63) is 23.8 Å². The highest BCUT2D eigenvalue weighted by Gasteiger charge is 2.35. The summed E-state index contributed by atoms with van der Waals surface area (Å²) in [5.41, 5.74) is 1.40. The van der Waals surface area contributed by atoms with Gasteiger partial charge in [0.1, 0.15) is 0 Å². The predicted molar refractivity (Wildman–Crippen MR) is 85.4 cm³/mol. The van der Waals surface area contributed by atoms with Gasteiger partial charge in [-0.1, -0.05) is 18.9 Å². The van der Waals surface area contributed by atoms with Crippen LogP contribution in [0.4, 0.5) is 0 Å². The molecule has 21 heavy (non-hydrogen) atoms. The van der Waals surface area contributed by atoms with Gasteiger partial charge >= 0.3 is 0 Å². The van der Waals surface area contributed by atoms with E-state index in [4.69, 9.17) is 14.7 Å². The number of halogens is 1. The number of nitriles is 1. The van der Waals surface area contributed by atoms with E-state index in [1.807, 2.05) is 6.07 Å². The van der Waals surface area contributed by atoms with Gasteiger partial charge in [-0.3, -0.25) is 0 Å². The number of rotatable bonds is 6. The van der Waals surface area contributed by atoms with Crippen LogP contribution in [-0.2, 0) is 5.41 Å². The normalized spacial score (nSPS) is 15.9. The highest BCUT2D eigenvalue weighted by molar-refractivity contribution is 5.85. The number of ether oxygens (including phenoxy) is 2. The van der Waals surface area contributed by atoms with E-state index in [2.05, 4.69) is 23.5 Å². The average molecular weight is 311 g/mol. The molecule has 0 saturated heterocycles. The molecule has 0 heterocycles. The third kappa shape index (κ3) is 3.81. The van der Waals surface area contributed by atoms with Crippen molar-refractivity contribution in [2.75, 3.05) is 27.3 Å². The van der Waals surface area contributed by atoms with Gasteiger partial charge in [0.05, 0.1) is 26.8 Å². The van der Waals surface area contributed by atoms with E-state index in [1.54, 1.807) is 14.2 Å². The number of nitrogens with zero attached hydrogens (tertiary/aromatic N) is 1. The Morgan fingerprint density at radius 2 is 1.86 bits per heavy atom. The minimum atomic E-state index is 0. The lowest BCUT2D eigenvalue weighted by Gasteiger charge is -2.30. The molecular formula is C16H23ClN2O2. The maximum atomic E-state index is 8.70. The molecule has 1 N–H and O–H groups in total. The first kappa shape index (κ1) is 17.6. The van der Waals surface area contributed by atoms with Crippen LogP contribution in [0.5, 0.6) is 11.5 Å². The maximum Gasteiger partial charge on any atom is 0.161 e. The second-order valence-electron chi connectivity index (χ2n) is 5.32. The first-order valence-electron chi connectivity index (χ1n) is 7.06. The molecule has 1 aromatic carbocycles. The summed E-state index contributed by atoms with van der Waals surface area (Å²) in [5, 5.41) is 11.9. The van der Waals surface area contributed by atoms with Gasteiger partial charge in [-0.15, -0.1) is 12.4 Å². The lowest BCUT2D eigenvalue weighted by Crippen LogP contribution is -2.36. The molecular weight excluding hydrogens is 288 g/mol. The molecule has 0 atom stereocenters. The molecule has 2 rings (SSSR count). The van der Waals surface area contributed by atoms with Crippen molar-refractivity contribution in [3.63, 3.8) is 0 Å². The Morgan fingerprint density at radius 3 is 2.43 bits per heavy atom. The van der Waals surface area contributed by atoms with Crippen molar-refractivity contribution in [3.8, 4) is 17.6 Å². The lowest BCUT2D eigenvalue weighted by atomic mass is 9.78. The minimum absolute atomic E-state index is 0. The second-order valence-corrected chi connectivity index (χ2v) is 5.32. The van der Waals surface area contributed by atoms with Gasteiger partial charge in [0.15, 0.2) is 11.5 Å². The van der Waals surface area contributed by atoms with Gasteiger partial charge in [-0.05, 0) is 30.5 Å². The molecule has 5 heteroatoms. The van der Waals surface area contributed by atoms with Crippen molar-refractivity contribution in [2.24, 2.45) is 0 Å². The molecule has 0 bridgehead atoms. The summed E-state index contributed by atoms with van der Waals surface area (Å²) in [7, 11) is 3.31. The van der Waals surface area contributed by atoms with Crippen molar-refractivity contribution in [2.45, 2.75) is 31.1 Å². The molecule has 1 aromatic rings. The van der Waals surface area contributed by atoms with Crippen LogP contribution >= 0.6 is 12.4 Å². The van der Waals surface area contributed by atoms with Crippen molar-refractivity contribution >= 4 is 12.4 Å². The molecule has 1 saturated carbocycles. The van der Waals surface area contributed by atoms with E-state index >= 15 is 0 Å². The fraction of sp³-hybridized carbons (Fsp3) is 0.562. The smallest absolute Gasteiger partial charge is 0.161 e. The Morgan fingerprint density at radius 1 is 1.19 bits per heavy atom. The summed E-state index contributed by atoms with van der Waals surface area (Å²) in [5.74, 6) is 1.53. The molecule has 1 fully saturated rings. The van der Waals surface area contributed by atoms with Crippen LogP contribution in [0.1, 0.15) is 31.2 Å². The van der Waals surface area contributed by atoms with Crippen LogP contribution in [0.25, 0.3) is 0 Å². The first-order valence-corrected chi connectivity index (χ1v) is 7.06. The molecule has 0 radical (unpaired) electrons. The van der Waals surface area contributed by atoms with E-state index in [-0.39, 0.29) is 17.8 Å². The van der Waals surface area contributed by atoms with Gasteiger partial charge in [0.25, 0.3) is 0 Å². The SMILES string of the molecule is COc1ccc(C2(CNCC#N)CCCC2)cc1OC.Cl. The number of hydrogen-bond acceptors (Lipinski definition) is 4. The molecule has 0 aliphatic heterocycles. The molecule has 0 aromatic heterocycles. The van der Waals surface area contributed by atoms with Gasteiger partial charge < -0.3 is 14.8 Å². The van der Waals surface area contributed by atoms with Crippen LogP contribution < -0.4 is 14.8 Å². The Bertz CT molecular complexity index is 494. The fourth-order valence-electron chi connectivity index (χ4n) is 3.14. The van der Waals surface area contributed by atoms with Gasteiger partial charge in [-0.25, -0.2) is 0 Å². The Kier molecular flexibility index (Phi) is 6.80. The van der Waals surface area contributed by atoms with E-state index in [9.17, 15) is 0 Å². The van der Waals surface area contributed by atoms with Crippen molar-refractivity contribution in [1.82, 2.24) is 5.32 Å². The largest absolute Gasteiger partial charge is 0.493 e. The minimum Gasteiger partial charge on any atom is -0.493 e. The predicted octanol–water partition coefficient (Wildman–Crippen LogP) is 3.05. The number of methoxy groups -OCH3 is 2. The molecule has 116 valence electrons. The maximum absolute atomic E-state index is 8.70. The molecule has 1 aliphatic rings. The second kappa shape index (κ2) is 8.11. The Hall–Kier alpha value is -1.44. The van der Waals surface area contributed by atoms with E-state index in [0.717, 1.165) is 30.9 Å². The summed E-state index contributed by atoms with van der Waals surface area (Å²) in [6, 6.07) is 8.32.